The lowest BCUT2D eigenvalue weighted by Crippen LogP contribution is -2.11. The Hall–Kier alpha value is -1.64. The summed E-state index contributed by atoms with van der Waals surface area (Å²) in [5.41, 5.74) is 3.87. The van der Waals surface area contributed by atoms with E-state index in [4.69, 9.17) is 11.6 Å². The van der Waals surface area contributed by atoms with E-state index in [-0.39, 0.29) is 5.78 Å². The molecule has 0 heterocycles. The van der Waals surface area contributed by atoms with Crippen LogP contribution in [0, 0.1) is 0 Å². The molecule has 0 aliphatic heterocycles. The maximum absolute atomic E-state index is 11.6. The Morgan fingerprint density at radius 2 is 1.80 bits per heavy atom. The molecule has 0 aromatic heterocycles. The van der Waals surface area contributed by atoms with E-state index >= 15 is 0 Å². The van der Waals surface area contributed by atoms with Crippen molar-refractivity contribution >= 4 is 17.4 Å². The van der Waals surface area contributed by atoms with Crippen molar-refractivity contribution in [1.82, 2.24) is 4.90 Å². The van der Waals surface area contributed by atoms with Gasteiger partial charge >= 0.3 is 0 Å². The van der Waals surface area contributed by atoms with Gasteiger partial charge in [0.15, 0.2) is 5.78 Å². The van der Waals surface area contributed by atoms with E-state index in [0.29, 0.717) is 10.6 Å². The van der Waals surface area contributed by atoms with Gasteiger partial charge in [-0.25, -0.2) is 0 Å². The number of carbonyl (C=O) groups excluding carboxylic acids is 1. The summed E-state index contributed by atoms with van der Waals surface area (Å²) in [5, 5.41) is 0.668. The number of carbonyl (C=O) groups is 1. The quantitative estimate of drug-likeness (QED) is 0.783. The van der Waals surface area contributed by atoms with Crippen molar-refractivity contribution in [3.8, 4) is 11.1 Å². The number of nitrogens with zero attached hydrogens (tertiary/aromatic N) is 1. The normalized spacial score (nSPS) is 10.8. The van der Waals surface area contributed by atoms with Crippen molar-refractivity contribution < 1.29 is 4.79 Å². The minimum absolute atomic E-state index is 0.0491. The first-order valence-corrected chi connectivity index (χ1v) is 6.90. The summed E-state index contributed by atoms with van der Waals surface area (Å²) in [7, 11) is 4.06. The Morgan fingerprint density at radius 3 is 2.45 bits per heavy atom. The summed E-state index contributed by atoms with van der Waals surface area (Å²) in [6.07, 6.45) is 0. The number of hydrogen-bond acceptors (Lipinski definition) is 2. The number of Topliss-reactive ketones (excluding diaryl/α,β-unsaturated/α-hetero) is 1. The van der Waals surface area contributed by atoms with E-state index in [1.165, 1.54) is 5.56 Å². The zero-order valence-electron chi connectivity index (χ0n) is 12.0. The van der Waals surface area contributed by atoms with Gasteiger partial charge in [-0.1, -0.05) is 35.9 Å². The first-order chi connectivity index (χ1) is 9.49. The Balaban J connectivity index is 2.56. The second-order valence-corrected chi connectivity index (χ2v) is 5.55. The van der Waals surface area contributed by atoms with Gasteiger partial charge in [0.1, 0.15) is 0 Å². The number of hydrogen-bond donors (Lipinski definition) is 0. The smallest absolute Gasteiger partial charge is 0.159 e. The highest BCUT2D eigenvalue weighted by molar-refractivity contribution is 6.33. The van der Waals surface area contributed by atoms with E-state index in [1.807, 2.05) is 38.4 Å². The number of rotatable bonds is 4. The summed E-state index contributed by atoms with van der Waals surface area (Å²) in [4.78, 5) is 13.7. The minimum atomic E-state index is 0.0491. The van der Waals surface area contributed by atoms with Crippen molar-refractivity contribution in [2.45, 2.75) is 13.5 Å². The lowest BCUT2D eigenvalue weighted by molar-refractivity contribution is 0.101. The highest BCUT2D eigenvalue weighted by Crippen LogP contribution is 2.32. The predicted octanol–water partition coefficient (Wildman–Crippen LogP) is 4.27. The number of benzene rings is 2. The van der Waals surface area contributed by atoms with Crippen LogP contribution in [0.3, 0.4) is 0 Å². The van der Waals surface area contributed by atoms with E-state index in [9.17, 15) is 4.79 Å². The molecule has 2 aromatic rings. The molecule has 0 aliphatic carbocycles. The molecule has 0 atom stereocenters. The molecule has 20 heavy (non-hydrogen) atoms. The van der Waals surface area contributed by atoms with Gasteiger partial charge in [0.05, 0.1) is 0 Å². The van der Waals surface area contributed by atoms with Crippen LogP contribution in [0.25, 0.3) is 11.1 Å². The first kappa shape index (κ1) is 14.8. The molecule has 0 aliphatic rings. The molecule has 0 spiro atoms. The Kier molecular flexibility index (Phi) is 4.58. The monoisotopic (exact) mass is 287 g/mol. The van der Waals surface area contributed by atoms with Crippen LogP contribution in [0.5, 0.6) is 0 Å². The van der Waals surface area contributed by atoms with Gasteiger partial charge < -0.3 is 4.90 Å². The minimum Gasteiger partial charge on any atom is -0.305 e. The van der Waals surface area contributed by atoms with Gasteiger partial charge in [0.2, 0.25) is 0 Å². The van der Waals surface area contributed by atoms with Crippen molar-refractivity contribution in [2.75, 3.05) is 14.1 Å². The molecule has 2 nitrogen and oxygen atoms in total. The van der Waals surface area contributed by atoms with Gasteiger partial charge in [-0.3, -0.25) is 4.79 Å². The lowest BCUT2D eigenvalue weighted by atomic mass is 9.97. The van der Waals surface area contributed by atoms with Crippen LogP contribution in [0.15, 0.2) is 42.5 Å². The van der Waals surface area contributed by atoms with E-state index in [1.54, 1.807) is 19.1 Å². The van der Waals surface area contributed by atoms with Gasteiger partial charge in [0.25, 0.3) is 0 Å². The zero-order chi connectivity index (χ0) is 14.7. The van der Waals surface area contributed by atoms with Gasteiger partial charge in [-0.05, 0) is 50.3 Å². The van der Waals surface area contributed by atoms with Crippen LogP contribution < -0.4 is 0 Å². The highest BCUT2D eigenvalue weighted by atomic mass is 35.5. The molecule has 0 saturated carbocycles. The third kappa shape index (κ3) is 3.27. The molecular weight excluding hydrogens is 270 g/mol. The fourth-order valence-corrected chi connectivity index (χ4v) is 2.43. The summed E-state index contributed by atoms with van der Waals surface area (Å²) in [6.45, 7) is 2.40. The largest absolute Gasteiger partial charge is 0.305 e. The fourth-order valence-electron chi connectivity index (χ4n) is 2.21. The summed E-state index contributed by atoms with van der Waals surface area (Å²) in [5.74, 6) is 0.0491. The molecular formula is C17H18ClNO. The first-order valence-electron chi connectivity index (χ1n) is 6.52. The molecule has 2 aromatic carbocycles. The van der Waals surface area contributed by atoms with Gasteiger partial charge in [-0.2, -0.15) is 0 Å². The summed E-state index contributed by atoms with van der Waals surface area (Å²) in [6, 6.07) is 13.6. The van der Waals surface area contributed by atoms with Crippen LogP contribution in [0.4, 0.5) is 0 Å². The van der Waals surface area contributed by atoms with Gasteiger partial charge in [-0.15, -0.1) is 0 Å². The van der Waals surface area contributed by atoms with Crippen molar-refractivity contribution in [3.63, 3.8) is 0 Å². The fraction of sp³-hybridized carbons (Fsp3) is 0.235. The average Bonchev–Trinajstić information content (AvgIpc) is 2.39. The molecule has 104 valence electrons. The number of ketones is 1. The summed E-state index contributed by atoms with van der Waals surface area (Å²) >= 11 is 6.32. The molecule has 0 amide bonds. The molecule has 2 rings (SSSR count). The Bertz CT molecular complexity index is 635. The Morgan fingerprint density at radius 1 is 1.10 bits per heavy atom. The standard InChI is InChI=1S/C17H18ClNO/c1-12(20)13-8-9-17(18)16(10-13)15-7-5-4-6-14(15)11-19(2)3/h4-10H,11H2,1-3H3. The van der Waals surface area contributed by atoms with E-state index in [0.717, 1.165) is 17.7 Å². The van der Waals surface area contributed by atoms with Crippen molar-refractivity contribution in [2.24, 2.45) is 0 Å². The van der Waals surface area contributed by atoms with E-state index < -0.39 is 0 Å². The van der Waals surface area contributed by atoms with Crippen LogP contribution in [0.2, 0.25) is 5.02 Å². The molecule has 0 radical (unpaired) electrons. The SMILES string of the molecule is CC(=O)c1ccc(Cl)c(-c2ccccc2CN(C)C)c1. The van der Waals surface area contributed by atoms with Crippen molar-refractivity contribution in [1.29, 1.82) is 0 Å². The second-order valence-electron chi connectivity index (χ2n) is 5.15. The third-order valence-corrected chi connectivity index (χ3v) is 3.50. The van der Waals surface area contributed by atoms with Crippen LogP contribution in [0.1, 0.15) is 22.8 Å². The topological polar surface area (TPSA) is 20.3 Å². The zero-order valence-corrected chi connectivity index (χ0v) is 12.7. The molecule has 0 bridgehead atoms. The average molecular weight is 288 g/mol. The lowest BCUT2D eigenvalue weighted by Gasteiger charge is -2.15. The van der Waals surface area contributed by atoms with Crippen molar-refractivity contribution in [3.05, 3.63) is 58.6 Å². The highest BCUT2D eigenvalue weighted by Gasteiger charge is 2.11. The predicted molar refractivity (Wildman–Crippen MR) is 84.3 cm³/mol. The van der Waals surface area contributed by atoms with Crippen LogP contribution in [-0.4, -0.2) is 24.8 Å². The second kappa shape index (κ2) is 6.21. The molecule has 0 unspecified atom stereocenters. The molecule has 3 heteroatoms. The maximum atomic E-state index is 11.6. The van der Waals surface area contributed by atoms with Crippen LogP contribution in [-0.2, 0) is 6.54 Å². The number of halogens is 1. The maximum Gasteiger partial charge on any atom is 0.159 e. The van der Waals surface area contributed by atoms with E-state index in [2.05, 4.69) is 11.0 Å². The summed E-state index contributed by atoms with van der Waals surface area (Å²) < 4.78 is 0. The van der Waals surface area contributed by atoms with Gasteiger partial charge in [0, 0.05) is 22.7 Å². The third-order valence-electron chi connectivity index (χ3n) is 3.17. The molecule has 0 N–H and O–H groups in total. The molecule has 0 fully saturated rings. The Labute approximate surface area is 125 Å². The van der Waals surface area contributed by atoms with Crippen LogP contribution >= 0.6 is 11.6 Å². The molecule has 0 saturated heterocycles.